The third-order valence-electron chi connectivity index (χ3n) is 1.90. The molecule has 0 saturated heterocycles. The van der Waals surface area contributed by atoms with E-state index in [1.165, 1.54) is 5.54 Å². The summed E-state index contributed by atoms with van der Waals surface area (Å²) in [5.41, 5.74) is 2.59. The highest BCUT2D eigenvalue weighted by Crippen LogP contribution is 2.13. The molecular weight excluding hydrogens is 196 g/mol. The van der Waals surface area contributed by atoms with Gasteiger partial charge in [0.2, 0.25) is 0 Å². The van der Waals surface area contributed by atoms with Gasteiger partial charge in [0.15, 0.2) is 0 Å². The third-order valence-corrected chi connectivity index (χ3v) is 2.03. The van der Waals surface area contributed by atoms with Crippen LogP contribution >= 0.6 is 11.6 Å². The van der Waals surface area contributed by atoms with E-state index in [9.17, 15) is 0 Å². The maximum atomic E-state index is 5.52. The Morgan fingerprint density at radius 3 is 2.57 bits per heavy atom. The van der Waals surface area contributed by atoms with Crippen LogP contribution in [0.5, 0.6) is 5.75 Å². The van der Waals surface area contributed by atoms with Crippen molar-refractivity contribution in [3.8, 4) is 5.75 Å². The molecule has 1 aromatic carbocycles. The van der Waals surface area contributed by atoms with Gasteiger partial charge in [-0.2, -0.15) is 0 Å². The van der Waals surface area contributed by atoms with Gasteiger partial charge in [0.05, 0.1) is 6.61 Å². The van der Waals surface area contributed by atoms with E-state index < -0.39 is 0 Å². The molecule has 0 unspecified atom stereocenters. The van der Waals surface area contributed by atoms with Crippen molar-refractivity contribution >= 4 is 17.7 Å². The molecular formula is C12H15ClO. The van der Waals surface area contributed by atoms with Crippen molar-refractivity contribution in [2.24, 2.45) is 0 Å². The van der Waals surface area contributed by atoms with Crippen molar-refractivity contribution in [1.29, 1.82) is 0 Å². The lowest BCUT2D eigenvalue weighted by Gasteiger charge is -2.04. The Labute approximate surface area is 90.3 Å². The zero-order chi connectivity index (χ0) is 10.2. The van der Waals surface area contributed by atoms with Crippen molar-refractivity contribution in [2.75, 3.05) is 6.61 Å². The van der Waals surface area contributed by atoms with E-state index in [2.05, 4.69) is 6.92 Å². The van der Waals surface area contributed by atoms with Crippen LogP contribution < -0.4 is 4.74 Å². The molecule has 14 heavy (non-hydrogen) atoms. The Morgan fingerprint density at radius 2 is 2.00 bits per heavy atom. The molecule has 0 aliphatic carbocycles. The molecule has 0 saturated carbocycles. The van der Waals surface area contributed by atoms with Crippen molar-refractivity contribution in [2.45, 2.75) is 19.8 Å². The molecule has 1 aromatic rings. The molecule has 76 valence electrons. The largest absolute Gasteiger partial charge is 0.494 e. The number of hydrogen-bond donors (Lipinski definition) is 0. The Bertz CT molecular complexity index is 277. The van der Waals surface area contributed by atoms with E-state index >= 15 is 0 Å². The van der Waals surface area contributed by atoms with E-state index in [1.807, 2.05) is 30.3 Å². The first-order chi connectivity index (χ1) is 6.86. The quantitative estimate of drug-likeness (QED) is 0.666. The van der Waals surface area contributed by atoms with Crippen molar-refractivity contribution in [3.05, 3.63) is 35.4 Å². The van der Waals surface area contributed by atoms with Gasteiger partial charge < -0.3 is 4.74 Å². The summed E-state index contributed by atoms with van der Waals surface area (Å²) >= 11 is 5.47. The monoisotopic (exact) mass is 210 g/mol. The standard InChI is InChI=1S/C12H15ClO/c1-2-3-10-14-12-6-4-11(5-7-12)8-9-13/h4-9H,2-3,10H2,1H3/b9-8-. The highest BCUT2D eigenvalue weighted by molar-refractivity contribution is 6.27. The smallest absolute Gasteiger partial charge is 0.119 e. The van der Waals surface area contributed by atoms with Crippen molar-refractivity contribution in [1.82, 2.24) is 0 Å². The Balaban J connectivity index is 2.46. The third kappa shape index (κ3) is 3.84. The fourth-order valence-electron chi connectivity index (χ4n) is 1.08. The van der Waals surface area contributed by atoms with E-state index in [1.54, 1.807) is 0 Å². The van der Waals surface area contributed by atoms with Crippen LogP contribution in [0.15, 0.2) is 29.8 Å². The Morgan fingerprint density at radius 1 is 1.29 bits per heavy atom. The number of benzene rings is 1. The fraction of sp³-hybridized carbons (Fsp3) is 0.333. The zero-order valence-electron chi connectivity index (χ0n) is 8.37. The molecule has 0 aliphatic rings. The lowest BCUT2D eigenvalue weighted by atomic mass is 10.2. The number of unbranched alkanes of at least 4 members (excludes halogenated alkanes) is 1. The number of ether oxygens (including phenoxy) is 1. The molecule has 0 fully saturated rings. The first-order valence-corrected chi connectivity index (χ1v) is 5.30. The lowest BCUT2D eigenvalue weighted by Crippen LogP contribution is -1.95. The number of rotatable bonds is 5. The molecule has 0 heterocycles. The van der Waals surface area contributed by atoms with Gasteiger partial charge in [0, 0.05) is 5.54 Å². The number of hydrogen-bond acceptors (Lipinski definition) is 1. The molecule has 0 aliphatic heterocycles. The average Bonchev–Trinajstić information content (AvgIpc) is 2.21. The first-order valence-electron chi connectivity index (χ1n) is 4.86. The predicted octanol–water partition coefficient (Wildman–Crippen LogP) is 4.08. The topological polar surface area (TPSA) is 9.23 Å². The first kappa shape index (κ1) is 11.1. The van der Waals surface area contributed by atoms with Crippen LogP contribution in [-0.2, 0) is 0 Å². The van der Waals surface area contributed by atoms with Crippen LogP contribution in [-0.4, -0.2) is 6.61 Å². The predicted molar refractivity (Wildman–Crippen MR) is 61.7 cm³/mol. The summed E-state index contributed by atoms with van der Waals surface area (Å²) in [5.74, 6) is 0.921. The van der Waals surface area contributed by atoms with E-state index in [4.69, 9.17) is 16.3 Å². The molecule has 0 amide bonds. The van der Waals surface area contributed by atoms with Gasteiger partial charge in [-0.15, -0.1) is 0 Å². The molecule has 0 spiro atoms. The summed E-state index contributed by atoms with van der Waals surface area (Å²) < 4.78 is 5.52. The second-order valence-corrected chi connectivity index (χ2v) is 3.32. The van der Waals surface area contributed by atoms with Crippen LogP contribution in [0.2, 0.25) is 0 Å². The number of halogens is 1. The van der Waals surface area contributed by atoms with Gasteiger partial charge in [0.25, 0.3) is 0 Å². The van der Waals surface area contributed by atoms with E-state index in [0.717, 1.165) is 30.8 Å². The highest BCUT2D eigenvalue weighted by Gasteiger charge is 1.92. The minimum atomic E-state index is 0.793. The van der Waals surface area contributed by atoms with Gasteiger partial charge in [-0.05, 0) is 30.2 Å². The molecule has 2 heteroatoms. The van der Waals surface area contributed by atoms with E-state index in [0.29, 0.717) is 0 Å². The van der Waals surface area contributed by atoms with Crippen LogP contribution in [0.25, 0.3) is 6.08 Å². The van der Waals surface area contributed by atoms with Crippen molar-refractivity contribution in [3.63, 3.8) is 0 Å². The highest BCUT2D eigenvalue weighted by atomic mass is 35.5. The lowest BCUT2D eigenvalue weighted by molar-refractivity contribution is 0.309. The molecule has 0 N–H and O–H groups in total. The second kappa shape index (κ2) is 6.50. The maximum absolute atomic E-state index is 5.52. The van der Waals surface area contributed by atoms with Gasteiger partial charge in [-0.1, -0.05) is 37.1 Å². The van der Waals surface area contributed by atoms with Gasteiger partial charge in [0.1, 0.15) is 5.75 Å². The summed E-state index contributed by atoms with van der Waals surface area (Å²) in [6.07, 6.45) is 4.10. The Kier molecular flexibility index (Phi) is 5.16. The summed E-state index contributed by atoms with van der Waals surface area (Å²) in [5, 5.41) is 0. The maximum Gasteiger partial charge on any atom is 0.119 e. The Hall–Kier alpha value is -0.950. The molecule has 0 bridgehead atoms. The molecule has 0 radical (unpaired) electrons. The minimum Gasteiger partial charge on any atom is -0.494 e. The second-order valence-electron chi connectivity index (χ2n) is 3.06. The van der Waals surface area contributed by atoms with Gasteiger partial charge >= 0.3 is 0 Å². The summed E-state index contributed by atoms with van der Waals surface area (Å²) in [7, 11) is 0. The van der Waals surface area contributed by atoms with Crippen LogP contribution in [0.3, 0.4) is 0 Å². The minimum absolute atomic E-state index is 0.793. The van der Waals surface area contributed by atoms with Gasteiger partial charge in [-0.25, -0.2) is 0 Å². The molecule has 1 nitrogen and oxygen atoms in total. The van der Waals surface area contributed by atoms with Gasteiger partial charge in [-0.3, -0.25) is 0 Å². The van der Waals surface area contributed by atoms with Crippen LogP contribution in [0.1, 0.15) is 25.3 Å². The van der Waals surface area contributed by atoms with Crippen LogP contribution in [0.4, 0.5) is 0 Å². The average molecular weight is 211 g/mol. The molecule has 0 aromatic heterocycles. The summed E-state index contributed by atoms with van der Waals surface area (Å²) in [6.45, 7) is 2.94. The molecule has 1 rings (SSSR count). The normalized spacial score (nSPS) is 10.7. The van der Waals surface area contributed by atoms with E-state index in [-0.39, 0.29) is 0 Å². The molecule has 0 atom stereocenters. The summed E-state index contributed by atoms with van der Waals surface area (Å²) in [6, 6.07) is 7.89. The fourth-order valence-corrected chi connectivity index (χ4v) is 1.23. The van der Waals surface area contributed by atoms with Crippen LogP contribution in [0, 0.1) is 0 Å². The SMILES string of the molecule is CCCCOc1ccc(/C=C\Cl)cc1. The zero-order valence-corrected chi connectivity index (χ0v) is 9.13. The van der Waals surface area contributed by atoms with Crippen molar-refractivity contribution < 1.29 is 4.74 Å². The summed E-state index contributed by atoms with van der Waals surface area (Å²) in [4.78, 5) is 0.